The monoisotopic (exact) mass is 157 g/mol. The highest BCUT2D eigenvalue weighted by atomic mass is 16.4. The van der Waals surface area contributed by atoms with Crippen molar-refractivity contribution in [2.75, 3.05) is 0 Å². The second-order valence-corrected chi connectivity index (χ2v) is 3.79. The van der Waals surface area contributed by atoms with Crippen molar-refractivity contribution in [3.05, 3.63) is 11.8 Å². The second kappa shape index (κ2) is 3.42. The average molecular weight is 157 g/mol. The van der Waals surface area contributed by atoms with Gasteiger partial charge in [-0.2, -0.15) is 0 Å². The van der Waals surface area contributed by atoms with Crippen LogP contribution in [-0.2, 0) is 4.79 Å². The van der Waals surface area contributed by atoms with Gasteiger partial charge < -0.3 is 10.8 Å². The molecule has 0 aromatic rings. The van der Waals surface area contributed by atoms with Gasteiger partial charge in [0.05, 0.1) is 0 Å². The Bertz CT molecular complexity index is 177. The van der Waals surface area contributed by atoms with Crippen molar-refractivity contribution in [1.82, 2.24) is 0 Å². The highest BCUT2D eigenvalue weighted by molar-refractivity contribution is 5.80. The molecule has 3 N–H and O–H groups in total. The first kappa shape index (κ1) is 10.0. The molecule has 0 amide bonds. The second-order valence-electron chi connectivity index (χ2n) is 3.79. The summed E-state index contributed by atoms with van der Waals surface area (Å²) in [6.45, 7) is 6.03. The van der Waals surface area contributed by atoms with Gasteiger partial charge in [-0.3, -0.25) is 0 Å². The Morgan fingerprint density at radius 1 is 1.55 bits per heavy atom. The lowest BCUT2D eigenvalue weighted by molar-refractivity contribution is -0.131. The van der Waals surface area contributed by atoms with Crippen LogP contribution in [0.5, 0.6) is 0 Å². The largest absolute Gasteiger partial charge is 0.478 e. The van der Waals surface area contributed by atoms with Crippen molar-refractivity contribution in [2.45, 2.75) is 27.2 Å². The van der Waals surface area contributed by atoms with E-state index in [1.54, 1.807) is 0 Å². The molecule has 0 aliphatic carbocycles. The summed E-state index contributed by atoms with van der Waals surface area (Å²) in [4.78, 5) is 10.1. The molecule has 0 heterocycles. The fraction of sp³-hybridized carbons (Fsp3) is 0.625. The third-order valence-corrected chi connectivity index (χ3v) is 1.04. The van der Waals surface area contributed by atoms with E-state index in [2.05, 4.69) is 0 Å². The number of carboxylic acid groups (broad SMARTS) is 1. The molecule has 0 unspecified atom stereocenters. The number of aliphatic carboxylic acids is 1. The minimum atomic E-state index is -0.980. The maximum absolute atomic E-state index is 10.1. The number of rotatable bonds is 2. The molecule has 0 saturated heterocycles. The Hall–Kier alpha value is -0.990. The molecule has 11 heavy (non-hydrogen) atoms. The quantitative estimate of drug-likeness (QED) is 0.595. The molecule has 0 radical (unpaired) electrons. The first-order valence-electron chi connectivity index (χ1n) is 3.50. The van der Waals surface area contributed by atoms with Crippen molar-refractivity contribution >= 4 is 5.97 Å². The number of hydrogen-bond donors (Lipinski definition) is 2. The third-order valence-electron chi connectivity index (χ3n) is 1.04. The number of carboxylic acids is 1. The van der Waals surface area contributed by atoms with Crippen molar-refractivity contribution in [2.24, 2.45) is 11.1 Å². The summed E-state index contributed by atoms with van der Waals surface area (Å²) in [5.74, 6) is -0.980. The van der Waals surface area contributed by atoms with Crippen LogP contribution >= 0.6 is 0 Å². The van der Waals surface area contributed by atoms with Gasteiger partial charge in [0.2, 0.25) is 0 Å². The number of nitrogens with two attached hydrogens (primary N) is 1. The summed E-state index contributed by atoms with van der Waals surface area (Å²) in [5.41, 5.74) is 5.91. The number of allylic oxidation sites excluding steroid dienone is 1. The van der Waals surface area contributed by atoms with Gasteiger partial charge in [0.15, 0.2) is 0 Å². The highest BCUT2D eigenvalue weighted by Gasteiger charge is 2.11. The van der Waals surface area contributed by atoms with Crippen LogP contribution in [0.3, 0.4) is 0 Å². The summed E-state index contributed by atoms with van der Waals surface area (Å²) >= 11 is 0. The standard InChI is InChI=1S/C8H15NO2/c1-8(2,3)5-6(9)4-7(10)11/h4H,5,9H2,1-3H3,(H,10,11)/b6-4+. The summed E-state index contributed by atoms with van der Waals surface area (Å²) in [6, 6.07) is 0. The van der Waals surface area contributed by atoms with Gasteiger partial charge in [-0.05, 0) is 11.8 Å². The topological polar surface area (TPSA) is 63.3 Å². The van der Waals surface area contributed by atoms with Crippen LogP contribution < -0.4 is 5.73 Å². The molecule has 0 rings (SSSR count). The van der Waals surface area contributed by atoms with E-state index in [1.807, 2.05) is 20.8 Å². The van der Waals surface area contributed by atoms with E-state index in [9.17, 15) is 4.79 Å². The molecular formula is C8H15NO2. The van der Waals surface area contributed by atoms with Crippen LogP contribution in [0.4, 0.5) is 0 Å². The summed E-state index contributed by atoms with van der Waals surface area (Å²) in [7, 11) is 0. The molecule has 0 bridgehead atoms. The van der Waals surface area contributed by atoms with Gasteiger partial charge >= 0.3 is 5.97 Å². The predicted molar refractivity (Wildman–Crippen MR) is 44.0 cm³/mol. The Labute approximate surface area is 66.9 Å². The summed E-state index contributed by atoms with van der Waals surface area (Å²) in [6.07, 6.45) is 1.66. The van der Waals surface area contributed by atoms with Crippen LogP contribution in [-0.4, -0.2) is 11.1 Å². The zero-order chi connectivity index (χ0) is 9.07. The summed E-state index contributed by atoms with van der Waals surface area (Å²) < 4.78 is 0. The molecule has 0 atom stereocenters. The van der Waals surface area contributed by atoms with Crippen molar-refractivity contribution in [3.8, 4) is 0 Å². The van der Waals surface area contributed by atoms with Crippen LogP contribution in [0.25, 0.3) is 0 Å². The van der Waals surface area contributed by atoms with E-state index < -0.39 is 5.97 Å². The number of carbonyl (C=O) groups is 1. The average Bonchev–Trinajstić information content (AvgIpc) is 1.53. The van der Waals surface area contributed by atoms with Gasteiger partial charge in [0.25, 0.3) is 0 Å². The van der Waals surface area contributed by atoms with Gasteiger partial charge in [-0.25, -0.2) is 4.79 Å². The van der Waals surface area contributed by atoms with E-state index in [0.29, 0.717) is 12.1 Å². The smallest absolute Gasteiger partial charge is 0.330 e. The zero-order valence-electron chi connectivity index (χ0n) is 7.22. The van der Waals surface area contributed by atoms with Gasteiger partial charge in [0, 0.05) is 11.8 Å². The molecule has 0 aromatic carbocycles. The molecule has 0 spiro atoms. The third kappa shape index (κ3) is 6.90. The highest BCUT2D eigenvalue weighted by Crippen LogP contribution is 2.21. The van der Waals surface area contributed by atoms with Crippen molar-refractivity contribution in [3.63, 3.8) is 0 Å². The minimum absolute atomic E-state index is 0.0516. The van der Waals surface area contributed by atoms with E-state index >= 15 is 0 Å². The molecule has 0 aromatic heterocycles. The lowest BCUT2D eigenvalue weighted by Gasteiger charge is -2.17. The fourth-order valence-corrected chi connectivity index (χ4v) is 0.822. The fourth-order valence-electron chi connectivity index (χ4n) is 0.822. The van der Waals surface area contributed by atoms with Crippen LogP contribution in [0.15, 0.2) is 11.8 Å². The SMILES string of the molecule is CC(C)(C)C/C(N)=C\C(=O)O. The minimum Gasteiger partial charge on any atom is -0.478 e. The molecule has 0 aliphatic rings. The van der Waals surface area contributed by atoms with Gasteiger partial charge in [-0.1, -0.05) is 20.8 Å². The maximum atomic E-state index is 10.1. The van der Waals surface area contributed by atoms with E-state index in [0.717, 1.165) is 6.08 Å². The summed E-state index contributed by atoms with van der Waals surface area (Å²) in [5, 5.41) is 8.32. The Morgan fingerprint density at radius 2 is 2.00 bits per heavy atom. The van der Waals surface area contributed by atoms with Crippen molar-refractivity contribution in [1.29, 1.82) is 0 Å². The molecule has 0 fully saturated rings. The zero-order valence-corrected chi connectivity index (χ0v) is 7.22. The van der Waals surface area contributed by atoms with E-state index in [4.69, 9.17) is 10.8 Å². The van der Waals surface area contributed by atoms with Crippen LogP contribution in [0.1, 0.15) is 27.2 Å². The molecule has 3 heteroatoms. The van der Waals surface area contributed by atoms with Gasteiger partial charge in [0.1, 0.15) is 0 Å². The molecule has 3 nitrogen and oxygen atoms in total. The predicted octanol–water partition coefficient (Wildman–Crippen LogP) is 1.35. The first-order valence-corrected chi connectivity index (χ1v) is 3.50. The van der Waals surface area contributed by atoms with Crippen LogP contribution in [0, 0.1) is 5.41 Å². The molecular weight excluding hydrogens is 142 g/mol. The Balaban J connectivity index is 4.07. The van der Waals surface area contributed by atoms with E-state index in [1.165, 1.54) is 0 Å². The first-order chi connectivity index (χ1) is 4.81. The molecule has 0 saturated carbocycles. The van der Waals surface area contributed by atoms with Crippen molar-refractivity contribution < 1.29 is 9.90 Å². The number of hydrogen-bond acceptors (Lipinski definition) is 2. The van der Waals surface area contributed by atoms with Crippen LogP contribution in [0.2, 0.25) is 0 Å². The molecule has 0 aliphatic heterocycles. The Kier molecular flexibility index (Phi) is 3.11. The normalized spacial score (nSPS) is 13.2. The van der Waals surface area contributed by atoms with E-state index in [-0.39, 0.29) is 5.41 Å². The lowest BCUT2D eigenvalue weighted by Crippen LogP contribution is -2.12. The maximum Gasteiger partial charge on any atom is 0.330 e. The van der Waals surface area contributed by atoms with Gasteiger partial charge in [-0.15, -0.1) is 0 Å². The molecule has 64 valence electrons. The Morgan fingerprint density at radius 3 is 2.27 bits per heavy atom. The lowest BCUT2D eigenvalue weighted by atomic mass is 9.90.